The van der Waals surface area contributed by atoms with E-state index in [2.05, 4.69) is 17.2 Å². The summed E-state index contributed by atoms with van der Waals surface area (Å²) in [7, 11) is -3.31. The molecule has 1 aromatic carbocycles. The summed E-state index contributed by atoms with van der Waals surface area (Å²) >= 11 is 1.51. The number of nitrogens with zero attached hydrogens (tertiary/aromatic N) is 1. The van der Waals surface area contributed by atoms with Gasteiger partial charge in [0.15, 0.2) is 15.0 Å². The summed E-state index contributed by atoms with van der Waals surface area (Å²) in [6, 6.07) is 9.01. The molecule has 5 nitrogen and oxygen atoms in total. The number of nitrogens with one attached hydrogen (secondary N) is 1. The SMILES string of the molecule is C[C@H]1CCc2nc(NC(=O)CCS(=O)(=O)Cc3ccccc3)sc2C1. The molecule has 3 rings (SSSR count). The third-order valence-electron chi connectivity index (χ3n) is 4.30. The number of sulfone groups is 1. The zero-order valence-electron chi connectivity index (χ0n) is 14.2. The van der Waals surface area contributed by atoms with E-state index in [0.29, 0.717) is 11.0 Å². The van der Waals surface area contributed by atoms with Gasteiger partial charge in [-0.15, -0.1) is 11.3 Å². The number of hydrogen-bond donors (Lipinski definition) is 1. The lowest BCUT2D eigenvalue weighted by Gasteiger charge is -2.15. The Bertz CT molecular complexity index is 844. The molecule has 7 heteroatoms. The van der Waals surface area contributed by atoms with Crippen LogP contribution >= 0.6 is 11.3 Å². The summed E-state index contributed by atoms with van der Waals surface area (Å²) in [4.78, 5) is 17.8. The van der Waals surface area contributed by atoms with Gasteiger partial charge < -0.3 is 5.32 Å². The first-order valence-corrected chi connectivity index (χ1v) is 11.1. The van der Waals surface area contributed by atoms with Gasteiger partial charge in [-0.25, -0.2) is 13.4 Å². The van der Waals surface area contributed by atoms with E-state index in [1.807, 2.05) is 18.2 Å². The minimum Gasteiger partial charge on any atom is -0.302 e. The molecule has 0 saturated heterocycles. The number of rotatable bonds is 6. The third kappa shape index (κ3) is 5.12. The second-order valence-electron chi connectivity index (χ2n) is 6.61. The van der Waals surface area contributed by atoms with Gasteiger partial charge in [0.05, 0.1) is 17.2 Å². The molecule has 0 spiro atoms. The third-order valence-corrected chi connectivity index (χ3v) is 6.94. The summed E-state index contributed by atoms with van der Waals surface area (Å²) in [5.74, 6) is 0.163. The molecular weight excluding hydrogens is 356 g/mol. The summed E-state index contributed by atoms with van der Waals surface area (Å²) in [6.45, 7) is 2.22. The second-order valence-corrected chi connectivity index (χ2v) is 9.88. The highest BCUT2D eigenvalue weighted by Crippen LogP contribution is 2.32. The van der Waals surface area contributed by atoms with Crippen molar-refractivity contribution in [1.82, 2.24) is 4.98 Å². The summed E-state index contributed by atoms with van der Waals surface area (Å²) in [6.07, 6.45) is 3.04. The molecule has 1 amide bonds. The molecule has 1 heterocycles. The molecular formula is C18H22N2O3S2. The minimum absolute atomic E-state index is 0.0371. The maximum absolute atomic E-state index is 12.2. The second kappa shape index (κ2) is 7.66. The molecule has 1 aliphatic carbocycles. The van der Waals surface area contributed by atoms with Gasteiger partial charge in [0, 0.05) is 11.3 Å². The number of thiazole rings is 1. The van der Waals surface area contributed by atoms with E-state index in [1.165, 1.54) is 16.2 Å². The average molecular weight is 379 g/mol. The van der Waals surface area contributed by atoms with Crippen LogP contribution in [0.2, 0.25) is 0 Å². The fourth-order valence-electron chi connectivity index (χ4n) is 2.92. The molecule has 0 bridgehead atoms. The predicted molar refractivity (Wildman–Crippen MR) is 100 cm³/mol. The van der Waals surface area contributed by atoms with Crippen molar-refractivity contribution < 1.29 is 13.2 Å². The molecule has 1 N–H and O–H groups in total. The smallest absolute Gasteiger partial charge is 0.227 e. The van der Waals surface area contributed by atoms with E-state index < -0.39 is 9.84 Å². The summed E-state index contributed by atoms with van der Waals surface area (Å²) in [5.41, 5.74) is 1.82. The lowest BCUT2D eigenvalue weighted by atomic mass is 9.93. The molecule has 0 radical (unpaired) electrons. The maximum atomic E-state index is 12.2. The lowest BCUT2D eigenvalue weighted by Crippen LogP contribution is -2.18. The first-order valence-electron chi connectivity index (χ1n) is 8.44. The van der Waals surface area contributed by atoms with Crippen molar-refractivity contribution in [1.29, 1.82) is 0 Å². The van der Waals surface area contributed by atoms with Crippen LogP contribution < -0.4 is 5.32 Å². The lowest BCUT2D eigenvalue weighted by molar-refractivity contribution is -0.115. The van der Waals surface area contributed by atoms with Crippen LogP contribution in [0.4, 0.5) is 5.13 Å². The average Bonchev–Trinajstić information content (AvgIpc) is 2.95. The quantitative estimate of drug-likeness (QED) is 0.837. The monoisotopic (exact) mass is 378 g/mol. The van der Waals surface area contributed by atoms with Crippen molar-refractivity contribution in [2.24, 2.45) is 5.92 Å². The van der Waals surface area contributed by atoms with Crippen LogP contribution in [-0.4, -0.2) is 25.1 Å². The molecule has 0 saturated carbocycles. The molecule has 0 unspecified atom stereocenters. The Labute approximate surface area is 152 Å². The van der Waals surface area contributed by atoms with Crippen molar-refractivity contribution >= 4 is 32.2 Å². The number of amides is 1. The van der Waals surface area contributed by atoms with Gasteiger partial charge in [0.2, 0.25) is 5.91 Å². The van der Waals surface area contributed by atoms with Crippen LogP contribution in [0.3, 0.4) is 0 Å². The normalized spacial score (nSPS) is 17.1. The molecule has 1 aromatic heterocycles. The van der Waals surface area contributed by atoms with E-state index in [0.717, 1.165) is 30.5 Å². The van der Waals surface area contributed by atoms with Gasteiger partial charge >= 0.3 is 0 Å². The Morgan fingerprint density at radius 1 is 1.32 bits per heavy atom. The molecule has 0 fully saturated rings. The number of carbonyl (C=O) groups is 1. The van der Waals surface area contributed by atoms with Crippen LogP contribution in [0.5, 0.6) is 0 Å². The molecule has 1 atom stereocenters. The number of fused-ring (bicyclic) bond motifs is 1. The topological polar surface area (TPSA) is 76.1 Å². The highest BCUT2D eigenvalue weighted by molar-refractivity contribution is 7.90. The van der Waals surface area contributed by atoms with Crippen LogP contribution in [-0.2, 0) is 33.2 Å². The number of benzene rings is 1. The number of aryl methyl sites for hydroxylation is 1. The summed E-state index contributed by atoms with van der Waals surface area (Å²) in [5, 5.41) is 3.34. The maximum Gasteiger partial charge on any atom is 0.227 e. The van der Waals surface area contributed by atoms with E-state index in [1.54, 1.807) is 12.1 Å². The minimum atomic E-state index is -3.31. The number of hydrogen-bond acceptors (Lipinski definition) is 5. The summed E-state index contributed by atoms with van der Waals surface area (Å²) < 4.78 is 24.3. The van der Waals surface area contributed by atoms with Gasteiger partial charge in [-0.1, -0.05) is 37.3 Å². The van der Waals surface area contributed by atoms with Crippen molar-refractivity contribution in [2.45, 2.75) is 38.4 Å². The van der Waals surface area contributed by atoms with Crippen molar-refractivity contribution in [3.05, 3.63) is 46.5 Å². The van der Waals surface area contributed by atoms with Gasteiger partial charge in [-0.3, -0.25) is 4.79 Å². The van der Waals surface area contributed by atoms with Crippen LogP contribution in [0.25, 0.3) is 0 Å². The zero-order valence-corrected chi connectivity index (χ0v) is 15.8. The zero-order chi connectivity index (χ0) is 17.9. The molecule has 25 heavy (non-hydrogen) atoms. The standard InChI is InChI=1S/C18H22N2O3S2/c1-13-7-8-15-16(11-13)24-18(19-15)20-17(21)9-10-25(22,23)12-14-5-3-2-4-6-14/h2-6,13H,7-12H2,1H3,(H,19,20,21)/t13-/m0/s1. The Morgan fingerprint density at radius 3 is 2.84 bits per heavy atom. The highest BCUT2D eigenvalue weighted by atomic mass is 32.2. The van der Waals surface area contributed by atoms with Crippen LogP contribution in [0, 0.1) is 5.92 Å². The molecule has 1 aliphatic rings. The van der Waals surface area contributed by atoms with E-state index in [4.69, 9.17) is 0 Å². The molecule has 2 aromatic rings. The molecule has 134 valence electrons. The fraction of sp³-hybridized carbons (Fsp3) is 0.444. The number of aromatic nitrogens is 1. The van der Waals surface area contributed by atoms with E-state index in [9.17, 15) is 13.2 Å². The van der Waals surface area contributed by atoms with Gasteiger partial charge in [-0.2, -0.15) is 0 Å². The molecule has 0 aliphatic heterocycles. The fourth-order valence-corrected chi connectivity index (χ4v) is 5.45. The van der Waals surface area contributed by atoms with Crippen LogP contribution in [0.15, 0.2) is 30.3 Å². The van der Waals surface area contributed by atoms with Gasteiger partial charge in [-0.05, 0) is 30.7 Å². The van der Waals surface area contributed by atoms with Gasteiger partial charge in [0.25, 0.3) is 0 Å². The largest absolute Gasteiger partial charge is 0.302 e. The Morgan fingerprint density at radius 2 is 2.08 bits per heavy atom. The van der Waals surface area contributed by atoms with Crippen molar-refractivity contribution in [3.8, 4) is 0 Å². The van der Waals surface area contributed by atoms with Crippen molar-refractivity contribution in [2.75, 3.05) is 11.1 Å². The van der Waals surface area contributed by atoms with E-state index in [-0.39, 0.29) is 23.8 Å². The first-order chi connectivity index (χ1) is 11.9. The number of carbonyl (C=O) groups excluding carboxylic acids is 1. The van der Waals surface area contributed by atoms with E-state index >= 15 is 0 Å². The predicted octanol–water partition coefficient (Wildman–Crippen LogP) is 3.21. The Balaban J connectivity index is 1.53. The highest BCUT2D eigenvalue weighted by Gasteiger charge is 2.21. The van der Waals surface area contributed by atoms with Crippen LogP contribution in [0.1, 0.15) is 35.9 Å². The number of anilines is 1. The van der Waals surface area contributed by atoms with Gasteiger partial charge in [0.1, 0.15) is 0 Å². The first kappa shape index (κ1) is 18.1. The van der Waals surface area contributed by atoms with Crippen molar-refractivity contribution in [3.63, 3.8) is 0 Å². The Kier molecular flexibility index (Phi) is 5.54. The Hall–Kier alpha value is -1.73.